The Morgan fingerprint density at radius 3 is 2.36 bits per heavy atom. The second-order valence-corrected chi connectivity index (χ2v) is 2.15. The highest BCUT2D eigenvalue weighted by Gasteiger charge is 2.38. The first-order valence-electron chi connectivity index (χ1n) is 3.61. The number of nitrogens with two attached hydrogens (primary N) is 1. The number of amides is 1. The lowest BCUT2D eigenvalue weighted by atomic mass is 10.5. The lowest BCUT2D eigenvalue weighted by Gasteiger charge is -2.07. The Morgan fingerprint density at radius 1 is 1.36 bits per heavy atom. The van der Waals surface area contributed by atoms with Gasteiger partial charge in [-0.1, -0.05) is 0 Å². The van der Waals surface area contributed by atoms with Gasteiger partial charge in [0.25, 0.3) is 0 Å². The van der Waals surface area contributed by atoms with E-state index in [-0.39, 0.29) is 32.2 Å². The van der Waals surface area contributed by atoms with E-state index in [2.05, 4.69) is 0 Å². The van der Waals surface area contributed by atoms with Gasteiger partial charge in [-0.3, -0.25) is 4.79 Å². The van der Waals surface area contributed by atoms with Gasteiger partial charge in [-0.2, -0.15) is 13.2 Å². The number of hydrogen-bond donors (Lipinski definition) is 2. The van der Waals surface area contributed by atoms with Gasteiger partial charge in [0.15, 0.2) is 0 Å². The van der Waals surface area contributed by atoms with E-state index in [0.29, 0.717) is 6.54 Å². The van der Waals surface area contributed by atoms with E-state index >= 15 is 0 Å². The van der Waals surface area contributed by atoms with Gasteiger partial charge in [-0.25, -0.2) is 0 Å². The molecule has 0 aromatic rings. The maximum Gasteiger partial charge on any atom is 0.471 e. The Labute approximate surface area is 85.4 Å². The molecule has 0 saturated carbocycles. The molecule has 0 atom stereocenters. The highest BCUT2D eigenvalue weighted by molar-refractivity contribution is 5.85. The van der Waals surface area contributed by atoms with Crippen LogP contribution in [0.25, 0.3) is 0 Å². The summed E-state index contributed by atoms with van der Waals surface area (Å²) >= 11 is 0. The van der Waals surface area contributed by atoms with Crippen molar-refractivity contribution in [1.82, 2.24) is 5.32 Å². The molecule has 0 bridgehead atoms. The van der Waals surface area contributed by atoms with Crippen LogP contribution in [0.15, 0.2) is 0 Å². The molecule has 86 valence electrons. The first-order chi connectivity index (χ1) is 5.98. The van der Waals surface area contributed by atoms with E-state index in [1.54, 1.807) is 5.32 Å². The Balaban J connectivity index is 0. The molecule has 8 heteroatoms. The number of carbonyl (C=O) groups excluding carboxylic acids is 1. The summed E-state index contributed by atoms with van der Waals surface area (Å²) in [7, 11) is 0. The molecule has 0 unspecified atom stereocenters. The normalized spacial score (nSPS) is 10.6. The Morgan fingerprint density at radius 2 is 1.93 bits per heavy atom. The minimum atomic E-state index is -4.83. The fraction of sp³-hybridized carbons (Fsp3) is 0.833. The fourth-order valence-corrected chi connectivity index (χ4v) is 0.522. The summed E-state index contributed by atoms with van der Waals surface area (Å²) in [5.74, 6) is -1.95. The molecule has 4 nitrogen and oxygen atoms in total. The average molecular weight is 237 g/mol. The standard InChI is InChI=1S/C6H11F3N2O2.ClH/c7-6(8,9)5(12)11-2-4-13-3-1-10;/h1-4,10H2,(H,11,12);1H. The van der Waals surface area contributed by atoms with Crippen molar-refractivity contribution in [2.75, 3.05) is 26.3 Å². The maximum absolute atomic E-state index is 11.6. The summed E-state index contributed by atoms with van der Waals surface area (Å²) in [5, 5.41) is 1.65. The third kappa shape index (κ3) is 8.09. The largest absolute Gasteiger partial charge is 0.471 e. The van der Waals surface area contributed by atoms with Gasteiger partial charge in [0.2, 0.25) is 0 Å². The molecule has 0 fully saturated rings. The van der Waals surface area contributed by atoms with E-state index in [1.165, 1.54) is 0 Å². The summed E-state index contributed by atoms with van der Waals surface area (Å²) in [4.78, 5) is 10.2. The van der Waals surface area contributed by atoms with Crippen LogP contribution >= 0.6 is 12.4 Å². The third-order valence-electron chi connectivity index (χ3n) is 1.05. The minimum Gasteiger partial charge on any atom is -0.378 e. The van der Waals surface area contributed by atoms with Crippen molar-refractivity contribution in [2.45, 2.75) is 6.18 Å². The third-order valence-corrected chi connectivity index (χ3v) is 1.05. The molecule has 0 radical (unpaired) electrons. The molecular weight excluding hydrogens is 225 g/mol. The molecule has 0 aliphatic rings. The van der Waals surface area contributed by atoms with Gasteiger partial charge in [0.1, 0.15) is 0 Å². The molecule has 14 heavy (non-hydrogen) atoms. The van der Waals surface area contributed by atoms with Crippen molar-refractivity contribution in [3.05, 3.63) is 0 Å². The van der Waals surface area contributed by atoms with E-state index < -0.39 is 12.1 Å². The Hall–Kier alpha value is -0.530. The Kier molecular flexibility index (Phi) is 8.91. The van der Waals surface area contributed by atoms with E-state index in [4.69, 9.17) is 10.5 Å². The summed E-state index contributed by atoms with van der Waals surface area (Å²) in [6.45, 7) is 0.423. The molecule has 0 aromatic carbocycles. The number of nitrogens with one attached hydrogen (secondary N) is 1. The van der Waals surface area contributed by atoms with Crippen LogP contribution < -0.4 is 11.1 Å². The highest BCUT2D eigenvalue weighted by Crippen LogP contribution is 2.13. The predicted molar refractivity (Wildman–Crippen MR) is 46.2 cm³/mol. The summed E-state index contributed by atoms with van der Waals surface area (Å²) in [6.07, 6.45) is -4.83. The topological polar surface area (TPSA) is 64.3 Å². The van der Waals surface area contributed by atoms with Crippen LogP contribution in [0.2, 0.25) is 0 Å². The maximum atomic E-state index is 11.6. The number of halogens is 4. The van der Waals surface area contributed by atoms with E-state index in [9.17, 15) is 18.0 Å². The average Bonchev–Trinajstić information content (AvgIpc) is 2.02. The van der Waals surface area contributed by atoms with Crippen molar-refractivity contribution in [3.63, 3.8) is 0 Å². The minimum absolute atomic E-state index is 0. The van der Waals surface area contributed by atoms with Crippen molar-refractivity contribution >= 4 is 18.3 Å². The molecule has 0 aliphatic carbocycles. The van der Waals surface area contributed by atoms with Gasteiger partial charge in [-0.05, 0) is 0 Å². The SMILES string of the molecule is Cl.NCCOCCNC(=O)C(F)(F)F. The van der Waals surface area contributed by atoms with Crippen molar-refractivity contribution in [3.8, 4) is 0 Å². The van der Waals surface area contributed by atoms with Gasteiger partial charge < -0.3 is 15.8 Å². The second-order valence-electron chi connectivity index (χ2n) is 2.15. The van der Waals surface area contributed by atoms with Crippen LogP contribution in [0.4, 0.5) is 13.2 Å². The number of hydrogen-bond acceptors (Lipinski definition) is 3. The van der Waals surface area contributed by atoms with Crippen molar-refractivity contribution in [2.24, 2.45) is 5.73 Å². The number of ether oxygens (including phenoxy) is 1. The smallest absolute Gasteiger partial charge is 0.378 e. The highest BCUT2D eigenvalue weighted by atomic mass is 35.5. The van der Waals surface area contributed by atoms with Crippen LogP contribution in [-0.4, -0.2) is 38.4 Å². The van der Waals surface area contributed by atoms with E-state index in [1.807, 2.05) is 0 Å². The van der Waals surface area contributed by atoms with Gasteiger partial charge in [0, 0.05) is 13.1 Å². The predicted octanol–water partition coefficient (Wildman–Crippen LogP) is 0.0620. The first kappa shape index (κ1) is 15.9. The van der Waals surface area contributed by atoms with Gasteiger partial charge in [0.05, 0.1) is 13.2 Å². The second kappa shape index (κ2) is 7.84. The zero-order valence-corrected chi connectivity index (χ0v) is 8.08. The molecular formula is C6H12ClF3N2O2. The molecule has 0 spiro atoms. The van der Waals surface area contributed by atoms with Crippen LogP contribution in [-0.2, 0) is 9.53 Å². The summed E-state index contributed by atoms with van der Waals surface area (Å²) in [6, 6.07) is 0. The zero-order chi connectivity index (χ0) is 10.3. The van der Waals surface area contributed by atoms with Crippen molar-refractivity contribution in [1.29, 1.82) is 0 Å². The van der Waals surface area contributed by atoms with Crippen LogP contribution in [0.5, 0.6) is 0 Å². The van der Waals surface area contributed by atoms with Crippen LogP contribution in [0.1, 0.15) is 0 Å². The monoisotopic (exact) mass is 236 g/mol. The molecule has 3 N–H and O–H groups in total. The first-order valence-corrected chi connectivity index (χ1v) is 3.61. The Bertz CT molecular complexity index is 166. The zero-order valence-electron chi connectivity index (χ0n) is 7.26. The lowest BCUT2D eigenvalue weighted by molar-refractivity contribution is -0.173. The molecule has 0 heterocycles. The van der Waals surface area contributed by atoms with E-state index in [0.717, 1.165) is 0 Å². The molecule has 0 saturated heterocycles. The molecule has 0 aliphatic heterocycles. The molecule has 0 rings (SSSR count). The lowest BCUT2D eigenvalue weighted by Crippen LogP contribution is -2.38. The van der Waals surface area contributed by atoms with Crippen molar-refractivity contribution < 1.29 is 22.7 Å². The van der Waals surface area contributed by atoms with Gasteiger partial charge in [-0.15, -0.1) is 12.4 Å². The molecule has 0 aromatic heterocycles. The summed E-state index contributed by atoms with van der Waals surface area (Å²) in [5.41, 5.74) is 5.05. The van der Waals surface area contributed by atoms with Crippen LogP contribution in [0, 0.1) is 0 Å². The van der Waals surface area contributed by atoms with Gasteiger partial charge >= 0.3 is 12.1 Å². The van der Waals surface area contributed by atoms with Crippen LogP contribution in [0.3, 0.4) is 0 Å². The summed E-state index contributed by atoms with van der Waals surface area (Å²) < 4.78 is 39.4. The number of alkyl halides is 3. The fourth-order valence-electron chi connectivity index (χ4n) is 0.522. The number of rotatable bonds is 5. The quantitative estimate of drug-likeness (QED) is 0.664. The number of carbonyl (C=O) groups is 1. The molecule has 1 amide bonds.